The number of likely N-dealkylation sites (N-methyl/N-ethyl adjacent to an activating group) is 1. The second-order valence-corrected chi connectivity index (χ2v) is 5.55. The van der Waals surface area contributed by atoms with Crippen LogP contribution in [0.25, 0.3) is 0 Å². The first-order valence-electron chi connectivity index (χ1n) is 6.75. The Morgan fingerprint density at radius 1 is 1.28 bits per heavy atom. The van der Waals surface area contributed by atoms with Crippen molar-refractivity contribution < 1.29 is 5.11 Å². The molecule has 1 unspecified atom stereocenters. The number of aryl methyl sites for hydroxylation is 2. The Labute approximate surface area is 110 Å². The second-order valence-electron chi connectivity index (χ2n) is 5.55. The van der Waals surface area contributed by atoms with Crippen molar-refractivity contribution in [1.29, 1.82) is 0 Å². The highest BCUT2D eigenvalue weighted by atomic mass is 16.3. The quantitative estimate of drug-likeness (QED) is 0.806. The Morgan fingerprint density at radius 3 is 2.39 bits per heavy atom. The summed E-state index contributed by atoms with van der Waals surface area (Å²) in [5.74, 6) is 0. The van der Waals surface area contributed by atoms with Crippen LogP contribution in [-0.2, 0) is 0 Å². The lowest BCUT2D eigenvalue weighted by atomic mass is 10.1. The molecule has 1 aromatic rings. The first-order valence-corrected chi connectivity index (χ1v) is 6.75. The normalized spacial score (nSPS) is 16.7. The van der Waals surface area contributed by atoms with Gasteiger partial charge in [-0.25, -0.2) is 0 Å². The summed E-state index contributed by atoms with van der Waals surface area (Å²) < 4.78 is 0. The predicted molar refractivity (Wildman–Crippen MR) is 76.2 cm³/mol. The molecule has 1 aromatic carbocycles. The van der Waals surface area contributed by atoms with Crippen LogP contribution in [0, 0.1) is 13.8 Å². The van der Waals surface area contributed by atoms with Gasteiger partial charge in [0.25, 0.3) is 0 Å². The minimum Gasteiger partial charge on any atom is -0.395 e. The summed E-state index contributed by atoms with van der Waals surface area (Å²) >= 11 is 0. The maximum atomic E-state index is 9.42. The number of nitrogens with zero attached hydrogens (tertiary/aromatic N) is 1. The molecule has 0 bridgehead atoms. The van der Waals surface area contributed by atoms with Gasteiger partial charge in [0.15, 0.2) is 0 Å². The Bertz CT molecular complexity index is 381. The highest BCUT2D eigenvalue weighted by Gasteiger charge is 2.24. The van der Waals surface area contributed by atoms with E-state index in [0.717, 1.165) is 6.54 Å². The van der Waals surface area contributed by atoms with E-state index in [1.807, 2.05) is 0 Å². The lowest BCUT2D eigenvalue weighted by Crippen LogP contribution is -2.43. The topological polar surface area (TPSA) is 35.5 Å². The van der Waals surface area contributed by atoms with Crippen LogP contribution in [0.5, 0.6) is 0 Å². The fraction of sp³-hybridized carbons (Fsp3) is 0.600. The molecule has 0 aromatic heterocycles. The average molecular weight is 248 g/mol. The lowest BCUT2D eigenvalue weighted by Gasteiger charge is -2.26. The number of rotatable bonds is 6. The fourth-order valence-corrected chi connectivity index (χ4v) is 2.35. The monoisotopic (exact) mass is 248 g/mol. The molecule has 0 aliphatic heterocycles. The van der Waals surface area contributed by atoms with Crippen molar-refractivity contribution in [1.82, 2.24) is 5.32 Å². The molecule has 1 fully saturated rings. The summed E-state index contributed by atoms with van der Waals surface area (Å²) in [5.41, 5.74) is 3.80. The van der Waals surface area contributed by atoms with Crippen LogP contribution in [0.3, 0.4) is 0 Å². The maximum Gasteiger partial charge on any atom is 0.0602 e. The summed E-state index contributed by atoms with van der Waals surface area (Å²) in [6.07, 6.45) is 2.51. The van der Waals surface area contributed by atoms with E-state index in [9.17, 15) is 5.11 Å². The van der Waals surface area contributed by atoms with Gasteiger partial charge in [-0.2, -0.15) is 0 Å². The maximum absolute atomic E-state index is 9.42. The zero-order valence-corrected chi connectivity index (χ0v) is 11.6. The van der Waals surface area contributed by atoms with Crippen LogP contribution in [0.2, 0.25) is 0 Å². The number of benzene rings is 1. The summed E-state index contributed by atoms with van der Waals surface area (Å²) in [5, 5.41) is 12.9. The van der Waals surface area contributed by atoms with Crippen LogP contribution in [0.4, 0.5) is 5.69 Å². The van der Waals surface area contributed by atoms with Gasteiger partial charge < -0.3 is 15.3 Å². The van der Waals surface area contributed by atoms with Gasteiger partial charge >= 0.3 is 0 Å². The number of aliphatic hydroxyl groups is 1. The third-order valence-electron chi connectivity index (χ3n) is 3.41. The Hall–Kier alpha value is -1.06. The molecule has 1 saturated carbocycles. The number of aliphatic hydroxyl groups excluding tert-OH is 1. The van der Waals surface area contributed by atoms with Crippen LogP contribution < -0.4 is 10.2 Å². The van der Waals surface area contributed by atoms with E-state index in [1.54, 1.807) is 0 Å². The minimum absolute atomic E-state index is 0.170. The van der Waals surface area contributed by atoms with Gasteiger partial charge in [-0.1, -0.05) is 6.07 Å². The smallest absolute Gasteiger partial charge is 0.0602 e. The minimum atomic E-state index is 0.170. The first kappa shape index (κ1) is 13.4. The average Bonchev–Trinajstić information content (AvgIpc) is 3.10. The van der Waals surface area contributed by atoms with Crippen molar-refractivity contribution in [2.45, 2.75) is 38.8 Å². The highest BCUT2D eigenvalue weighted by molar-refractivity contribution is 5.50. The van der Waals surface area contributed by atoms with E-state index in [0.29, 0.717) is 6.04 Å². The second kappa shape index (κ2) is 5.72. The van der Waals surface area contributed by atoms with Crippen molar-refractivity contribution in [3.63, 3.8) is 0 Å². The Balaban J connectivity index is 1.98. The van der Waals surface area contributed by atoms with Gasteiger partial charge in [0.05, 0.1) is 6.61 Å². The molecule has 0 radical (unpaired) electrons. The van der Waals surface area contributed by atoms with Crippen molar-refractivity contribution in [3.05, 3.63) is 29.3 Å². The molecule has 0 amide bonds. The molecule has 2 rings (SSSR count). The van der Waals surface area contributed by atoms with E-state index in [1.165, 1.54) is 29.7 Å². The SMILES string of the molecule is Cc1cc(C)cc(N(C)CC(CO)NC2CC2)c1. The van der Waals surface area contributed by atoms with Gasteiger partial charge in [0.1, 0.15) is 0 Å². The Morgan fingerprint density at radius 2 is 1.89 bits per heavy atom. The van der Waals surface area contributed by atoms with Gasteiger partial charge in [0, 0.05) is 31.4 Å². The molecular formula is C15H24N2O. The number of anilines is 1. The van der Waals surface area contributed by atoms with E-state index in [2.05, 4.69) is 49.3 Å². The van der Waals surface area contributed by atoms with Crippen molar-refractivity contribution in [2.24, 2.45) is 0 Å². The molecule has 1 aliphatic carbocycles. The molecule has 0 heterocycles. The summed E-state index contributed by atoms with van der Waals surface area (Å²) in [6, 6.07) is 7.37. The van der Waals surface area contributed by atoms with E-state index in [4.69, 9.17) is 0 Å². The first-order chi connectivity index (χ1) is 8.58. The number of hydrogen-bond acceptors (Lipinski definition) is 3. The van der Waals surface area contributed by atoms with Crippen molar-refractivity contribution in [2.75, 3.05) is 25.1 Å². The number of hydrogen-bond donors (Lipinski definition) is 2. The third-order valence-corrected chi connectivity index (χ3v) is 3.41. The molecule has 3 nitrogen and oxygen atoms in total. The van der Waals surface area contributed by atoms with Gasteiger partial charge in [-0.3, -0.25) is 0 Å². The van der Waals surface area contributed by atoms with E-state index in [-0.39, 0.29) is 12.6 Å². The van der Waals surface area contributed by atoms with Crippen LogP contribution in [0.15, 0.2) is 18.2 Å². The van der Waals surface area contributed by atoms with Crippen molar-refractivity contribution in [3.8, 4) is 0 Å². The van der Waals surface area contributed by atoms with Crippen LogP contribution >= 0.6 is 0 Å². The van der Waals surface area contributed by atoms with Crippen molar-refractivity contribution >= 4 is 5.69 Å². The summed E-state index contributed by atoms with van der Waals surface area (Å²) in [6.45, 7) is 5.29. The molecule has 3 heteroatoms. The molecule has 2 N–H and O–H groups in total. The molecule has 0 saturated heterocycles. The summed E-state index contributed by atoms with van der Waals surface area (Å²) in [4.78, 5) is 2.22. The molecule has 1 aliphatic rings. The van der Waals surface area contributed by atoms with Crippen LogP contribution in [-0.4, -0.2) is 37.4 Å². The van der Waals surface area contributed by atoms with Gasteiger partial charge in [0.2, 0.25) is 0 Å². The predicted octanol–water partition coefficient (Wildman–Crippen LogP) is 1.85. The van der Waals surface area contributed by atoms with E-state index < -0.39 is 0 Å². The lowest BCUT2D eigenvalue weighted by molar-refractivity contribution is 0.243. The third kappa shape index (κ3) is 3.72. The summed E-state index contributed by atoms with van der Waals surface area (Å²) in [7, 11) is 2.09. The van der Waals surface area contributed by atoms with Crippen LogP contribution in [0.1, 0.15) is 24.0 Å². The highest BCUT2D eigenvalue weighted by Crippen LogP contribution is 2.21. The zero-order chi connectivity index (χ0) is 13.1. The van der Waals surface area contributed by atoms with Gasteiger partial charge in [-0.15, -0.1) is 0 Å². The number of nitrogens with one attached hydrogen (secondary N) is 1. The van der Waals surface area contributed by atoms with Gasteiger partial charge in [-0.05, 0) is 49.9 Å². The zero-order valence-electron chi connectivity index (χ0n) is 11.6. The molecule has 0 spiro atoms. The molecule has 1 atom stereocenters. The molecule has 18 heavy (non-hydrogen) atoms. The fourth-order valence-electron chi connectivity index (χ4n) is 2.35. The molecule has 100 valence electrons. The Kier molecular flexibility index (Phi) is 4.25. The van der Waals surface area contributed by atoms with E-state index >= 15 is 0 Å². The standard InChI is InChI=1S/C15H24N2O/c1-11-6-12(2)8-15(7-11)17(3)9-14(10-18)16-13-4-5-13/h6-8,13-14,16,18H,4-5,9-10H2,1-3H3. The molecular weight excluding hydrogens is 224 g/mol. The largest absolute Gasteiger partial charge is 0.395 e.